The number of phenols is 1. The lowest BCUT2D eigenvalue weighted by molar-refractivity contribution is 0.173. The predicted molar refractivity (Wildman–Crippen MR) is 130 cm³/mol. The summed E-state index contributed by atoms with van der Waals surface area (Å²) in [6.45, 7) is 11.9. The molecule has 0 aliphatic carbocycles. The van der Waals surface area contributed by atoms with Gasteiger partial charge in [0, 0.05) is 17.5 Å². The first-order valence-electron chi connectivity index (χ1n) is 10.9. The Balaban J connectivity index is 2.08. The number of hydrogen-bond acceptors (Lipinski definition) is 5. The molecular formula is C27H31NO4S. The second-order valence-electron chi connectivity index (χ2n) is 10.4. The summed E-state index contributed by atoms with van der Waals surface area (Å²) in [5.74, 6) is 0.202. The molecule has 0 amide bonds. The van der Waals surface area contributed by atoms with Crippen molar-refractivity contribution >= 4 is 15.9 Å². The maximum absolute atomic E-state index is 13.2. The highest BCUT2D eigenvalue weighted by Gasteiger charge is 2.27. The van der Waals surface area contributed by atoms with Crippen LogP contribution < -0.4 is 0 Å². The largest absolute Gasteiger partial charge is 0.507 e. The first-order valence-corrected chi connectivity index (χ1v) is 12.4. The van der Waals surface area contributed by atoms with Crippen molar-refractivity contribution in [3.05, 3.63) is 75.9 Å². The molecule has 1 aliphatic rings. The number of allylic oxidation sites excluding steroid dienone is 1. The molecule has 0 saturated heterocycles. The van der Waals surface area contributed by atoms with Gasteiger partial charge < -0.3 is 9.84 Å². The number of nitriles is 1. The fraction of sp³-hybridized carbons (Fsp3) is 0.370. The van der Waals surface area contributed by atoms with Crippen LogP contribution in [0.15, 0.2) is 58.5 Å². The molecule has 33 heavy (non-hydrogen) atoms. The van der Waals surface area contributed by atoms with Crippen LogP contribution >= 0.6 is 0 Å². The summed E-state index contributed by atoms with van der Waals surface area (Å²) >= 11 is 0. The summed E-state index contributed by atoms with van der Waals surface area (Å²) in [4.78, 5) is -0.296. The summed E-state index contributed by atoms with van der Waals surface area (Å²) < 4.78 is 32.0. The molecule has 1 heterocycles. The number of ether oxygens (including phenoxy) is 1. The van der Waals surface area contributed by atoms with E-state index in [1.807, 2.05) is 53.7 Å². The predicted octanol–water partition coefficient (Wildman–Crippen LogP) is 6.30. The number of sulfone groups is 1. The van der Waals surface area contributed by atoms with Gasteiger partial charge in [-0.15, -0.1) is 0 Å². The average molecular weight is 466 g/mol. The topological polar surface area (TPSA) is 87.4 Å². The second-order valence-corrected chi connectivity index (χ2v) is 12.3. The van der Waals surface area contributed by atoms with Crippen molar-refractivity contribution in [3.8, 4) is 11.8 Å². The Morgan fingerprint density at radius 1 is 1.06 bits per heavy atom. The molecular weight excluding hydrogens is 434 g/mol. The Morgan fingerprint density at radius 2 is 1.61 bits per heavy atom. The summed E-state index contributed by atoms with van der Waals surface area (Å²) in [5, 5.41) is 20.7. The molecule has 1 N–H and O–H groups in total. The Labute approximate surface area is 197 Å². The van der Waals surface area contributed by atoms with E-state index in [9.17, 15) is 18.8 Å². The van der Waals surface area contributed by atoms with Gasteiger partial charge in [0.05, 0.1) is 11.2 Å². The molecule has 174 valence electrons. The van der Waals surface area contributed by atoms with Crippen LogP contribution in [0.3, 0.4) is 0 Å². The third-order valence-corrected chi connectivity index (χ3v) is 7.38. The van der Waals surface area contributed by atoms with E-state index in [4.69, 9.17) is 4.74 Å². The maximum atomic E-state index is 13.2. The molecule has 6 heteroatoms. The molecule has 0 bridgehead atoms. The Hall–Kier alpha value is -3.04. The molecule has 0 aromatic heterocycles. The van der Waals surface area contributed by atoms with E-state index in [0.29, 0.717) is 16.7 Å². The molecule has 2 aromatic rings. The van der Waals surface area contributed by atoms with Gasteiger partial charge in [-0.25, -0.2) is 8.42 Å². The zero-order valence-electron chi connectivity index (χ0n) is 20.0. The van der Waals surface area contributed by atoms with Crippen LogP contribution in [0, 0.1) is 11.3 Å². The van der Waals surface area contributed by atoms with E-state index in [1.54, 1.807) is 30.5 Å². The van der Waals surface area contributed by atoms with E-state index in [0.717, 1.165) is 12.0 Å². The quantitative estimate of drug-likeness (QED) is 0.535. The SMILES string of the molecule is CC(C)(C)c1cc(/C=C(\C#N)S(=O)(=O)c2ccc(C3CC=CO3)cc2)cc(C(C)(C)C)c1O. The van der Waals surface area contributed by atoms with Crippen molar-refractivity contribution in [1.29, 1.82) is 5.26 Å². The summed E-state index contributed by atoms with van der Waals surface area (Å²) in [6, 6.07) is 11.8. The van der Waals surface area contributed by atoms with E-state index in [-0.39, 0.29) is 32.5 Å². The van der Waals surface area contributed by atoms with E-state index in [1.165, 1.54) is 18.2 Å². The Bertz CT molecular complexity index is 1210. The zero-order valence-corrected chi connectivity index (χ0v) is 20.8. The minimum absolute atomic E-state index is 0.0517. The Morgan fingerprint density at radius 3 is 2.03 bits per heavy atom. The number of benzene rings is 2. The van der Waals surface area contributed by atoms with E-state index >= 15 is 0 Å². The first kappa shape index (κ1) is 24.6. The van der Waals surface area contributed by atoms with Crippen molar-refractivity contribution in [2.45, 2.75) is 69.8 Å². The number of nitrogens with zero attached hydrogens (tertiary/aromatic N) is 1. The molecule has 0 saturated carbocycles. The normalized spacial score (nSPS) is 17.0. The van der Waals surface area contributed by atoms with E-state index in [2.05, 4.69) is 0 Å². The molecule has 2 aromatic carbocycles. The monoisotopic (exact) mass is 465 g/mol. The van der Waals surface area contributed by atoms with Gasteiger partial charge in [-0.3, -0.25) is 0 Å². The third-order valence-electron chi connectivity index (χ3n) is 5.70. The van der Waals surface area contributed by atoms with Crippen LogP contribution in [0.2, 0.25) is 0 Å². The number of aromatic hydroxyl groups is 1. The molecule has 5 nitrogen and oxygen atoms in total. The third kappa shape index (κ3) is 5.15. The highest BCUT2D eigenvalue weighted by Crippen LogP contribution is 2.40. The lowest BCUT2D eigenvalue weighted by Gasteiger charge is -2.28. The highest BCUT2D eigenvalue weighted by atomic mass is 32.2. The standard InChI is InChI=1S/C27H31NO4S/c1-26(2,3)22-15-18(16-23(25(22)29)27(4,5)6)14-21(17-28)33(30,31)20-11-9-19(10-12-20)24-8-7-13-32-24/h7,9-16,24,29H,8H2,1-6H3/b21-14+. The minimum Gasteiger partial charge on any atom is -0.507 e. The van der Waals surface area contributed by atoms with Gasteiger partial charge in [-0.1, -0.05) is 53.7 Å². The van der Waals surface area contributed by atoms with Gasteiger partial charge in [-0.05, 0) is 58.4 Å². The molecule has 0 fully saturated rings. The van der Waals surface area contributed by atoms with Crippen molar-refractivity contribution < 1.29 is 18.3 Å². The van der Waals surface area contributed by atoms with Crippen LogP contribution in [0.1, 0.15) is 76.3 Å². The summed E-state index contributed by atoms with van der Waals surface area (Å²) in [7, 11) is -4.02. The van der Waals surface area contributed by atoms with Crippen LogP contribution in [-0.2, 0) is 25.4 Å². The second kappa shape index (κ2) is 8.72. The minimum atomic E-state index is -4.02. The van der Waals surface area contributed by atoms with E-state index < -0.39 is 9.84 Å². The van der Waals surface area contributed by atoms with Gasteiger partial charge in [0.1, 0.15) is 22.8 Å². The highest BCUT2D eigenvalue weighted by molar-refractivity contribution is 7.95. The fourth-order valence-electron chi connectivity index (χ4n) is 3.79. The lowest BCUT2D eigenvalue weighted by atomic mass is 9.78. The number of phenolic OH excluding ortho intramolecular Hbond substituents is 1. The van der Waals surface area contributed by atoms with Gasteiger partial charge in [0.25, 0.3) is 0 Å². The van der Waals surface area contributed by atoms with Crippen molar-refractivity contribution in [1.82, 2.24) is 0 Å². The Kier molecular flexibility index (Phi) is 6.50. The zero-order chi connectivity index (χ0) is 24.6. The number of hydrogen-bond donors (Lipinski definition) is 1. The molecule has 1 unspecified atom stereocenters. The van der Waals surface area contributed by atoms with Crippen molar-refractivity contribution in [3.63, 3.8) is 0 Å². The lowest BCUT2D eigenvalue weighted by Crippen LogP contribution is -2.17. The molecule has 0 spiro atoms. The van der Waals surface area contributed by atoms with Gasteiger partial charge in [-0.2, -0.15) is 5.26 Å². The summed E-state index contributed by atoms with van der Waals surface area (Å²) in [6.07, 6.45) is 5.57. The average Bonchev–Trinajstić information content (AvgIpc) is 3.26. The molecule has 1 aliphatic heterocycles. The molecule has 1 atom stereocenters. The van der Waals surface area contributed by atoms with Crippen LogP contribution in [-0.4, -0.2) is 13.5 Å². The maximum Gasteiger partial charge on any atom is 0.216 e. The molecule has 3 rings (SSSR count). The van der Waals surface area contributed by atoms with Crippen LogP contribution in [0.5, 0.6) is 5.75 Å². The smallest absolute Gasteiger partial charge is 0.216 e. The van der Waals surface area contributed by atoms with Crippen molar-refractivity contribution in [2.75, 3.05) is 0 Å². The fourth-order valence-corrected chi connectivity index (χ4v) is 4.95. The van der Waals surface area contributed by atoms with Gasteiger partial charge in [0.15, 0.2) is 0 Å². The van der Waals surface area contributed by atoms with Gasteiger partial charge >= 0.3 is 0 Å². The molecule has 0 radical (unpaired) electrons. The number of rotatable bonds is 4. The summed E-state index contributed by atoms with van der Waals surface area (Å²) in [5.41, 5.74) is 2.10. The van der Waals surface area contributed by atoms with Crippen LogP contribution in [0.25, 0.3) is 6.08 Å². The van der Waals surface area contributed by atoms with Gasteiger partial charge in [0.2, 0.25) is 9.84 Å². The van der Waals surface area contributed by atoms with Crippen LogP contribution in [0.4, 0.5) is 0 Å². The van der Waals surface area contributed by atoms with Crippen molar-refractivity contribution in [2.24, 2.45) is 0 Å². The first-order chi connectivity index (χ1) is 15.2.